The summed E-state index contributed by atoms with van der Waals surface area (Å²) in [6.07, 6.45) is 16.7. The topological polar surface area (TPSA) is 94.8 Å². The van der Waals surface area contributed by atoms with E-state index in [1.54, 1.807) is 0 Å². The first-order valence-corrected chi connectivity index (χ1v) is 11.2. The number of thioether (sulfide) groups is 1. The minimum absolute atomic E-state index is 0.466. The molecule has 0 spiro atoms. The van der Waals surface area contributed by atoms with Gasteiger partial charge in [-0.05, 0) is 12.2 Å². The molecule has 0 amide bonds. The zero-order valence-electron chi connectivity index (χ0n) is 16.4. The summed E-state index contributed by atoms with van der Waals surface area (Å²) in [6.45, 7) is 2.24. The van der Waals surface area contributed by atoms with Gasteiger partial charge in [-0.2, -0.15) is 0 Å². The monoisotopic (exact) mass is 390 g/mol. The minimum Gasteiger partial charge on any atom is -0.481 e. The second-order valence-corrected chi connectivity index (χ2v) is 8.48. The zero-order valence-corrected chi connectivity index (χ0v) is 17.2. The van der Waals surface area contributed by atoms with Gasteiger partial charge >= 0.3 is 11.9 Å². The van der Waals surface area contributed by atoms with E-state index in [9.17, 15) is 14.7 Å². The predicted molar refractivity (Wildman–Crippen MR) is 108 cm³/mol. The van der Waals surface area contributed by atoms with Crippen LogP contribution in [0.1, 0.15) is 103 Å². The molecule has 1 atom stereocenters. The fraction of sp³-hybridized carbons (Fsp3) is 0.900. The average molecular weight is 391 g/mol. The van der Waals surface area contributed by atoms with Crippen LogP contribution >= 0.6 is 11.8 Å². The minimum atomic E-state index is -2.21. The van der Waals surface area contributed by atoms with Crippen molar-refractivity contribution in [1.29, 1.82) is 0 Å². The van der Waals surface area contributed by atoms with Gasteiger partial charge in [0.15, 0.2) is 0 Å². The van der Waals surface area contributed by atoms with E-state index in [-0.39, 0.29) is 0 Å². The summed E-state index contributed by atoms with van der Waals surface area (Å²) < 4.78 is 0. The van der Waals surface area contributed by atoms with Gasteiger partial charge < -0.3 is 15.3 Å². The van der Waals surface area contributed by atoms with Crippen LogP contribution in [0.5, 0.6) is 0 Å². The number of carboxylic acids is 2. The molecule has 0 fully saturated rings. The van der Waals surface area contributed by atoms with Crippen LogP contribution in [0.4, 0.5) is 0 Å². The van der Waals surface area contributed by atoms with Crippen molar-refractivity contribution in [2.75, 3.05) is 5.75 Å². The number of hydrogen-bond donors (Lipinski definition) is 3. The number of aliphatic carboxylic acids is 2. The first-order valence-electron chi connectivity index (χ1n) is 10.2. The maximum absolute atomic E-state index is 11.0. The Balaban J connectivity index is 3.43. The van der Waals surface area contributed by atoms with Gasteiger partial charge in [0.1, 0.15) is 0 Å². The maximum atomic E-state index is 11.0. The Morgan fingerprint density at radius 1 is 0.731 bits per heavy atom. The molecule has 0 aliphatic rings. The third-order valence-electron chi connectivity index (χ3n) is 4.56. The summed E-state index contributed by atoms with van der Waals surface area (Å²) in [6, 6.07) is 0. The summed E-state index contributed by atoms with van der Waals surface area (Å²) in [5.41, 5.74) is 0. The van der Waals surface area contributed by atoms with Crippen molar-refractivity contribution in [1.82, 2.24) is 0 Å². The molecule has 0 saturated carbocycles. The molecule has 0 radical (unpaired) electrons. The Morgan fingerprint density at radius 3 is 1.46 bits per heavy atom. The van der Waals surface area contributed by atoms with Gasteiger partial charge in [0, 0.05) is 0 Å². The van der Waals surface area contributed by atoms with E-state index < -0.39 is 23.3 Å². The molecule has 0 aromatic carbocycles. The molecule has 5 nitrogen and oxygen atoms in total. The SMILES string of the molecule is CCCCCCCCCCCCCCCCSC(O)(CC(=O)O)C(=O)O. The quantitative estimate of drug-likeness (QED) is 0.200. The van der Waals surface area contributed by atoms with Gasteiger partial charge in [-0.3, -0.25) is 4.79 Å². The molecule has 0 rings (SSSR count). The molecular weight excluding hydrogens is 352 g/mol. The lowest BCUT2D eigenvalue weighted by Gasteiger charge is -2.20. The molecule has 0 aliphatic heterocycles. The van der Waals surface area contributed by atoms with E-state index in [2.05, 4.69) is 6.92 Å². The first-order chi connectivity index (χ1) is 12.4. The molecule has 1 unspecified atom stereocenters. The predicted octanol–water partition coefficient (Wildman–Crippen LogP) is 5.45. The highest BCUT2D eigenvalue weighted by atomic mass is 32.2. The molecule has 3 N–H and O–H groups in total. The fourth-order valence-electron chi connectivity index (χ4n) is 2.93. The van der Waals surface area contributed by atoms with E-state index in [4.69, 9.17) is 10.2 Å². The van der Waals surface area contributed by atoms with Crippen molar-refractivity contribution >= 4 is 23.7 Å². The highest BCUT2D eigenvalue weighted by Gasteiger charge is 2.38. The van der Waals surface area contributed by atoms with Crippen molar-refractivity contribution in [3.8, 4) is 0 Å². The van der Waals surface area contributed by atoms with Crippen LogP contribution in [0.3, 0.4) is 0 Å². The van der Waals surface area contributed by atoms with Crippen molar-refractivity contribution < 1.29 is 24.9 Å². The first kappa shape index (κ1) is 25.2. The number of rotatable bonds is 19. The second kappa shape index (κ2) is 16.4. The normalized spacial score (nSPS) is 13.5. The van der Waals surface area contributed by atoms with Crippen LogP contribution < -0.4 is 0 Å². The van der Waals surface area contributed by atoms with Crippen LogP contribution in [-0.4, -0.2) is 37.9 Å². The molecule has 0 aromatic heterocycles. The van der Waals surface area contributed by atoms with Crippen LogP contribution in [0.25, 0.3) is 0 Å². The van der Waals surface area contributed by atoms with Gasteiger partial charge in [0.25, 0.3) is 0 Å². The van der Waals surface area contributed by atoms with E-state index in [0.29, 0.717) is 5.75 Å². The van der Waals surface area contributed by atoms with Gasteiger partial charge in [-0.25, -0.2) is 4.79 Å². The van der Waals surface area contributed by atoms with E-state index >= 15 is 0 Å². The highest BCUT2D eigenvalue weighted by Crippen LogP contribution is 2.28. The molecular formula is C20H38O5S. The lowest BCUT2D eigenvalue weighted by molar-refractivity contribution is -0.155. The Hall–Kier alpha value is -0.750. The van der Waals surface area contributed by atoms with Gasteiger partial charge in [0.2, 0.25) is 4.93 Å². The largest absolute Gasteiger partial charge is 0.481 e. The van der Waals surface area contributed by atoms with Gasteiger partial charge in [-0.1, -0.05) is 90.4 Å². The van der Waals surface area contributed by atoms with Crippen LogP contribution in [0.15, 0.2) is 0 Å². The number of carbonyl (C=O) groups is 2. The molecule has 154 valence electrons. The number of aliphatic hydroxyl groups is 1. The average Bonchev–Trinajstić information content (AvgIpc) is 2.57. The molecule has 0 heterocycles. The molecule has 26 heavy (non-hydrogen) atoms. The third-order valence-corrected chi connectivity index (χ3v) is 5.85. The summed E-state index contributed by atoms with van der Waals surface area (Å²) in [5, 5.41) is 27.5. The molecule has 0 bridgehead atoms. The number of hydrogen-bond acceptors (Lipinski definition) is 4. The summed E-state index contributed by atoms with van der Waals surface area (Å²) in [5.74, 6) is -2.31. The van der Waals surface area contributed by atoms with Crippen LogP contribution in [0, 0.1) is 0 Å². The Morgan fingerprint density at radius 2 is 1.12 bits per heavy atom. The lowest BCUT2D eigenvalue weighted by atomic mass is 10.0. The van der Waals surface area contributed by atoms with Crippen LogP contribution in [-0.2, 0) is 9.59 Å². The maximum Gasteiger partial charge on any atom is 0.347 e. The van der Waals surface area contributed by atoms with Crippen molar-refractivity contribution in [3.63, 3.8) is 0 Å². The van der Waals surface area contributed by atoms with Crippen molar-refractivity contribution in [2.24, 2.45) is 0 Å². The number of unbranched alkanes of at least 4 members (excludes halogenated alkanes) is 13. The van der Waals surface area contributed by atoms with Gasteiger partial charge in [0.05, 0.1) is 6.42 Å². The van der Waals surface area contributed by atoms with E-state index in [1.165, 1.54) is 70.6 Å². The summed E-state index contributed by atoms with van der Waals surface area (Å²) >= 11 is 0.820. The number of carboxylic acid groups (broad SMARTS) is 2. The Bertz CT molecular complexity index is 375. The van der Waals surface area contributed by atoms with Crippen molar-refractivity contribution in [2.45, 2.75) is 108 Å². The van der Waals surface area contributed by atoms with E-state index in [0.717, 1.165) is 31.0 Å². The second-order valence-electron chi connectivity index (χ2n) is 7.10. The van der Waals surface area contributed by atoms with Crippen molar-refractivity contribution in [3.05, 3.63) is 0 Å². The molecule has 0 aromatic rings. The Labute approximate surface area is 163 Å². The Kier molecular flexibility index (Phi) is 16.0. The smallest absolute Gasteiger partial charge is 0.347 e. The van der Waals surface area contributed by atoms with E-state index in [1.807, 2.05) is 0 Å². The fourth-order valence-corrected chi connectivity index (χ4v) is 3.97. The highest BCUT2D eigenvalue weighted by molar-refractivity contribution is 8.01. The molecule has 0 aliphatic carbocycles. The third kappa shape index (κ3) is 14.4. The summed E-state index contributed by atoms with van der Waals surface area (Å²) in [7, 11) is 0. The van der Waals surface area contributed by atoms with Crippen LogP contribution in [0.2, 0.25) is 0 Å². The molecule has 0 saturated heterocycles. The lowest BCUT2D eigenvalue weighted by Crippen LogP contribution is -2.37. The zero-order chi connectivity index (χ0) is 19.7. The van der Waals surface area contributed by atoms with Gasteiger partial charge in [-0.15, -0.1) is 11.8 Å². The molecule has 6 heteroatoms. The summed E-state index contributed by atoms with van der Waals surface area (Å²) in [4.78, 5) is 19.4. The standard InChI is InChI=1S/C20H38O5S/c1-2-3-4-5-6-7-8-9-10-11-12-13-14-15-16-26-20(25,19(23)24)17-18(21)22/h25H,2-17H2,1H3,(H,21,22)(H,23,24).